The van der Waals surface area contributed by atoms with Crippen LogP contribution in [0.5, 0.6) is 11.5 Å². The summed E-state index contributed by atoms with van der Waals surface area (Å²) in [6, 6.07) is 12.5. The molecule has 0 aromatic heterocycles. The van der Waals surface area contributed by atoms with Crippen LogP contribution in [0.1, 0.15) is 19.4 Å². The Hall–Kier alpha value is -2.54. The third-order valence-electron chi connectivity index (χ3n) is 3.46. The number of esters is 1. The van der Waals surface area contributed by atoms with E-state index in [1.54, 1.807) is 18.2 Å². The Kier molecular flexibility index (Phi) is 8.13. The van der Waals surface area contributed by atoms with E-state index in [0.717, 1.165) is 10.0 Å². The molecule has 0 radical (unpaired) electrons. The molecule has 0 saturated heterocycles. The van der Waals surface area contributed by atoms with Crippen LogP contribution in [-0.2, 0) is 20.7 Å². The van der Waals surface area contributed by atoms with E-state index >= 15 is 0 Å². The molecule has 7 heteroatoms. The van der Waals surface area contributed by atoms with Gasteiger partial charge in [0.2, 0.25) is 0 Å². The lowest BCUT2D eigenvalue weighted by Crippen LogP contribution is -2.22. The third kappa shape index (κ3) is 6.94. The van der Waals surface area contributed by atoms with Crippen molar-refractivity contribution in [2.45, 2.75) is 20.3 Å². The van der Waals surface area contributed by atoms with Crippen molar-refractivity contribution in [3.05, 3.63) is 52.5 Å². The van der Waals surface area contributed by atoms with Crippen LogP contribution in [0.15, 0.2) is 46.9 Å². The van der Waals surface area contributed by atoms with Crippen LogP contribution in [0.3, 0.4) is 0 Å². The highest BCUT2D eigenvalue weighted by Gasteiger charge is 2.12. The molecule has 0 aliphatic carbocycles. The zero-order chi connectivity index (χ0) is 19.6. The molecule has 1 N–H and O–H groups in total. The van der Waals surface area contributed by atoms with Gasteiger partial charge in [0.15, 0.2) is 6.61 Å². The number of amides is 1. The second kappa shape index (κ2) is 10.6. The summed E-state index contributed by atoms with van der Waals surface area (Å²) in [6.45, 7) is 4.32. The maximum Gasteiger partial charge on any atom is 0.310 e. The lowest BCUT2D eigenvalue weighted by molar-refractivity contribution is -0.146. The van der Waals surface area contributed by atoms with Crippen molar-refractivity contribution in [1.29, 1.82) is 0 Å². The Balaban J connectivity index is 1.91. The van der Waals surface area contributed by atoms with Gasteiger partial charge in [0.05, 0.1) is 25.3 Å². The summed E-state index contributed by atoms with van der Waals surface area (Å²) in [5, 5.41) is 2.69. The number of anilines is 1. The molecule has 0 fully saturated rings. The molecular weight excluding hydrogens is 414 g/mol. The fourth-order valence-electron chi connectivity index (χ4n) is 2.30. The van der Waals surface area contributed by atoms with Crippen LogP contribution in [0, 0.1) is 0 Å². The number of ether oxygens (including phenoxy) is 3. The molecule has 6 nitrogen and oxygen atoms in total. The molecule has 0 aliphatic rings. The first kappa shape index (κ1) is 20.8. The van der Waals surface area contributed by atoms with Crippen molar-refractivity contribution in [2.75, 3.05) is 25.1 Å². The average Bonchev–Trinajstić information content (AvgIpc) is 2.64. The fourth-order valence-corrected chi connectivity index (χ4v) is 2.56. The maximum absolute atomic E-state index is 12.1. The van der Waals surface area contributed by atoms with E-state index in [0.29, 0.717) is 30.4 Å². The molecule has 2 rings (SSSR count). The summed E-state index contributed by atoms with van der Waals surface area (Å²) in [4.78, 5) is 24.1. The van der Waals surface area contributed by atoms with Gasteiger partial charge in [-0.05, 0) is 43.7 Å². The molecule has 0 heterocycles. The quantitative estimate of drug-likeness (QED) is 0.603. The number of benzene rings is 2. The van der Waals surface area contributed by atoms with Crippen molar-refractivity contribution in [3.63, 3.8) is 0 Å². The smallest absolute Gasteiger partial charge is 0.310 e. The van der Waals surface area contributed by atoms with Gasteiger partial charge in [-0.2, -0.15) is 0 Å². The lowest BCUT2D eigenvalue weighted by atomic mass is 10.2. The fraction of sp³-hybridized carbons (Fsp3) is 0.300. The molecule has 1 amide bonds. The number of carbonyl (C=O) groups excluding carboxylic acids is 2. The van der Waals surface area contributed by atoms with Crippen LogP contribution < -0.4 is 14.8 Å². The van der Waals surface area contributed by atoms with E-state index < -0.39 is 11.9 Å². The van der Waals surface area contributed by atoms with E-state index in [4.69, 9.17) is 14.2 Å². The van der Waals surface area contributed by atoms with Gasteiger partial charge in [-0.15, -0.1) is 0 Å². The highest BCUT2D eigenvalue weighted by Crippen LogP contribution is 2.29. The summed E-state index contributed by atoms with van der Waals surface area (Å²) < 4.78 is 16.9. The summed E-state index contributed by atoms with van der Waals surface area (Å²) in [7, 11) is 0. The number of hydrogen-bond donors (Lipinski definition) is 1. The predicted molar refractivity (Wildman–Crippen MR) is 106 cm³/mol. The van der Waals surface area contributed by atoms with Crippen molar-refractivity contribution in [1.82, 2.24) is 0 Å². The first-order chi connectivity index (χ1) is 13.0. The van der Waals surface area contributed by atoms with E-state index in [1.807, 2.05) is 38.1 Å². The largest absolute Gasteiger partial charge is 0.494 e. The molecule has 0 unspecified atom stereocenters. The second-order valence-corrected chi connectivity index (χ2v) is 6.45. The summed E-state index contributed by atoms with van der Waals surface area (Å²) >= 11 is 3.34. The normalized spacial score (nSPS) is 10.2. The minimum absolute atomic E-state index is 0.102. The van der Waals surface area contributed by atoms with E-state index in [9.17, 15) is 9.59 Å². The van der Waals surface area contributed by atoms with Gasteiger partial charge in [0.1, 0.15) is 11.5 Å². The van der Waals surface area contributed by atoms with Gasteiger partial charge in [0.25, 0.3) is 5.91 Å². The minimum Gasteiger partial charge on any atom is -0.494 e. The number of rotatable bonds is 9. The maximum atomic E-state index is 12.1. The number of nitrogens with one attached hydrogen (secondary N) is 1. The molecule has 2 aromatic rings. The highest BCUT2D eigenvalue weighted by atomic mass is 79.9. The van der Waals surface area contributed by atoms with Crippen LogP contribution in [0.2, 0.25) is 0 Å². The van der Waals surface area contributed by atoms with Crippen molar-refractivity contribution in [2.24, 2.45) is 0 Å². The molecule has 0 saturated carbocycles. The number of halogens is 1. The topological polar surface area (TPSA) is 73.9 Å². The van der Waals surface area contributed by atoms with Gasteiger partial charge in [-0.1, -0.05) is 28.1 Å². The van der Waals surface area contributed by atoms with Gasteiger partial charge in [-0.25, -0.2) is 0 Å². The molecule has 27 heavy (non-hydrogen) atoms. The van der Waals surface area contributed by atoms with Gasteiger partial charge >= 0.3 is 5.97 Å². The second-order valence-electron chi connectivity index (χ2n) is 5.54. The third-order valence-corrected chi connectivity index (χ3v) is 3.99. The van der Waals surface area contributed by atoms with Gasteiger partial charge < -0.3 is 19.5 Å². The van der Waals surface area contributed by atoms with Crippen LogP contribution in [0.4, 0.5) is 5.69 Å². The van der Waals surface area contributed by atoms with Crippen LogP contribution >= 0.6 is 15.9 Å². The van der Waals surface area contributed by atoms with Crippen molar-refractivity contribution < 1.29 is 23.8 Å². The standard InChI is InChI=1S/C20H22BrNO5/c1-3-25-16-9-10-18(26-4-2)17(12-16)22-19(23)13-27-20(24)11-14-5-7-15(21)8-6-14/h5-10,12H,3-4,11,13H2,1-2H3,(H,22,23). The van der Waals surface area contributed by atoms with Crippen molar-refractivity contribution in [3.8, 4) is 11.5 Å². The Labute approximate surface area is 166 Å². The Morgan fingerprint density at radius 1 is 1.00 bits per heavy atom. The minimum atomic E-state index is -0.472. The Morgan fingerprint density at radius 2 is 1.70 bits per heavy atom. The molecule has 144 valence electrons. The average molecular weight is 436 g/mol. The van der Waals surface area contributed by atoms with Gasteiger partial charge in [-0.3, -0.25) is 9.59 Å². The summed E-state index contributed by atoms with van der Waals surface area (Å²) in [5.41, 5.74) is 1.28. The molecule has 2 aromatic carbocycles. The van der Waals surface area contributed by atoms with Crippen LogP contribution in [0.25, 0.3) is 0 Å². The van der Waals surface area contributed by atoms with E-state index in [-0.39, 0.29) is 13.0 Å². The SMILES string of the molecule is CCOc1ccc(OCC)c(NC(=O)COC(=O)Cc2ccc(Br)cc2)c1. The molecule has 0 bridgehead atoms. The van der Waals surface area contributed by atoms with Crippen LogP contribution in [-0.4, -0.2) is 31.7 Å². The molecule has 0 atom stereocenters. The van der Waals surface area contributed by atoms with E-state index in [1.165, 1.54) is 0 Å². The van der Waals surface area contributed by atoms with Crippen molar-refractivity contribution >= 4 is 33.5 Å². The number of hydrogen-bond acceptors (Lipinski definition) is 5. The first-order valence-electron chi connectivity index (χ1n) is 8.61. The zero-order valence-corrected chi connectivity index (χ0v) is 16.9. The first-order valence-corrected chi connectivity index (χ1v) is 9.40. The highest BCUT2D eigenvalue weighted by molar-refractivity contribution is 9.10. The zero-order valence-electron chi connectivity index (χ0n) is 15.3. The molecular formula is C20H22BrNO5. The monoisotopic (exact) mass is 435 g/mol. The van der Waals surface area contributed by atoms with E-state index in [2.05, 4.69) is 21.2 Å². The summed E-state index contributed by atoms with van der Waals surface area (Å²) in [5.74, 6) is 0.216. The predicted octanol–water partition coefficient (Wildman–Crippen LogP) is 3.97. The van der Waals surface area contributed by atoms with Gasteiger partial charge in [0, 0.05) is 10.5 Å². The number of carbonyl (C=O) groups is 2. The summed E-state index contributed by atoms with van der Waals surface area (Å²) in [6.07, 6.45) is 0.102. The lowest BCUT2D eigenvalue weighted by Gasteiger charge is -2.13. The molecule has 0 aliphatic heterocycles. The Bertz CT molecular complexity index is 776. The Morgan fingerprint density at radius 3 is 2.37 bits per heavy atom. The molecule has 0 spiro atoms.